The molecule has 0 spiro atoms. The first kappa shape index (κ1) is 10.3. The Kier molecular flexibility index (Phi) is 3.54. The predicted octanol–water partition coefficient (Wildman–Crippen LogP) is 1.74. The molecular weight excluding hydrogens is 182 g/mol. The highest BCUT2D eigenvalue weighted by Gasteiger charge is 2.04. The van der Waals surface area contributed by atoms with Gasteiger partial charge in [-0.25, -0.2) is 0 Å². The van der Waals surface area contributed by atoms with Crippen LogP contribution in [-0.2, 0) is 6.54 Å². The van der Waals surface area contributed by atoms with Gasteiger partial charge in [0.2, 0.25) is 4.80 Å². The Hall–Kier alpha value is -0.770. The van der Waals surface area contributed by atoms with Gasteiger partial charge in [0.1, 0.15) is 0 Å². The fourth-order valence-electron chi connectivity index (χ4n) is 1.28. The lowest BCUT2D eigenvalue weighted by Crippen LogP contribution is -2.18. The molecule has 0 aliphatic heterocycles. The number of hydrogen-bond acceptors (Lipinski definition) is 3. The van der Waals surface area contributed by atoms with E-state index in [1.54, 1.807) is 11.3 Å². The van der Waals surface area contributed by atoms with Crippen molar-refractivity contribution in [3.63, 3.8) is 0 Å². The average Bonchev–Trinajstić information content (AvgIpc) is 2.40. The highest BCUT2D eigenvalue weighted by atomic mass is 32.1. The largest absolute Gasteiger partial charge is 0.320 e. The minimum absolute atomic E-state index is 0.934. The van der Waals surface area contributed by atoms with Crippen molar-refractivity contribution in [1.82, 2.24) is 4.57 Å². The van der Waals surface area contributed by atoms with Crippen LogP contribution in [0.3, 0.4) is 0 Å². The summed E-state index contributed by atoms with van der Waals surface area (Å²) in [6, 6.07) is 0. The quantitative estimate of drug-likeness (QED) is 0.585. The van der Waals surface area contributed by atoms with Gasteiger partial charge in [-0.05, 0) is 20.3 Å². The summed E-state index contributed by atoms with van der Waals surface area (Å²) in [4.78, 5) is 2.24. The van der Waals surface area contributed by atoms with E-state index in [4.69, 9.17) is 5.84 Å². The van der Waals surface area contributed by atoms with Gasteiger partial charge in [0.05, 0.1) is 0 Å². The van der Waals surface area contributed by atoms with Crippen LogP contribution in [0, 0.1) is 13.8 Å². The van der Waals surface area contributed by atoms with E-state index in [-0.39, 0.29) is 0 Å². The normalized spacial score (nSPS) is 12.4. The molecule has 1 aromatic rings. The molecule has 0 saturated heterocycles. The first-order valence-corrected chi connectivity index (χ1v) is 5.43. The molecule has 0 aliphatic carbocycles. The fourth-order valence-corrected chi connectivity index (χ4v) is 2.20. The second-order valence-electron chi connectivity index (χ2n) is 3.16. The maximum atomic E-state index is 5.32. The van der Waals surface area contributed by atoms with E-state index in [9.17, 15) is 0 Å². The Morgan fingerprint density at radius 1 is 1.46 bits per heavy atom. The molecule has 1 heterocycles. The highest BCUT2D eigenvalue weighted by molar-refractivity contribution is 7.09. The maximum absolute atomic E-state index is 5.32. The molecule has 2 N–H and O–H groups in total. The number of nitrogens with two attached hydrogens (primary N) is 1. The highest BCUT2D eigenvalue weighted by Crippen LogP contribution is 2.10. The fraction of sp³-hybridized carbons (Fsp3) is 0.667. The average molecular weight is 199 g/mol. The molecule has 0 atom stereocenters. The van der Waals surface area contributed by atoms with Crippen molar-refractivity contribution in [2.75, 3.05) is 0 Å². The van der Waals surface area contributed by atoms with Crippen LogP contribution in [0.2, 0.25) is 0 Å². The minimum Gasteiger partial charge on any atom is -0.320 e. The summed E-state index contributed by atoms with van der Waals surface area (Å²) in [6.07, 6.45) is 2.38. The number of aromatic nitrogens is 1. The lowest BCUT2D eigenvalue weighted by atomic mass is 10.3. The monoisotopic (exact) mass is 199 g/mol. The van der Waals surface area contributed by atoms with E-state index in [0.29, 0.717) is 0 Å². The van der Waals surface area contributed by atoms with Crippen molar-refractivity contribution in [2.24, 2.45) is 10.9 Å². The molecule has 0 radical (unpaired) electrons. The number of thiazole rings is 1. The topological polar surface area (TPSA) is 43.3 Å². The van der Waals surface area contributed by atoms with Crippen molar-refractivity contribution in [1.29, 1.82) is 0 Å². The first-order valence-electron chi connectivity index (χ1n) is 4.61. The van der Waals surface area contributed by atoms with E-state index < -0.39 is 0 Å². The van der Waals surface area contributed by atoms with E-state index >= 15 is 0 Å². The first-order chi connectivity index (χ1) is 6.20. The van der Waals surface area contributed by atoms with Crippen LogP contribution in [0.4, 0.5) is 0 Å². The Morgan fingerprint density at radius 3 is 2.69 bits per heavy atom. The van der Waals surface area contributed by atoms with Crippen LogP contribution >= 0.6 is 11.3 Å². The zero-order valence-electron chi connectivity index (χ0n) is 8.50. The van der Waals surface area contributed by atoms with Crippen LogP contribution in [-0.4, -0.2) is 4.57 Å². The van der Waals surface area contributed by atoms with Crippen molar-refractivity contribution < 1.29 is 0 Å². The third-order valence-electron chi connectivity index (χ3n) is 2.24. The van der Waals surface area contributed by atoms with Crippen molar-refractivity contribution >= 4 is 11.3 Å². The summed E-state index contributed by atoms with van der Waals surface area (Å²) < 4.78 is 2.20. The summed E-state index contributed by atoms with van der Waals surface area (Å²) >= 11 is 1.66. The third-order valence-corrected chi connectivity index (χ3v) is 3.35. The summed E-state index contributed by atoms with van der Waals surface area (Å²) in [5.74, 6) is 5.32. The van der Waals surface area contributed by atoms with Gasteiger partial charge in [-0.1, -0.05) is 13.3 Å². The lowest BCUT2D eigenvalue weighted by Gasteiger charge is -2.03. The van der Waals surface area contributed by atoms with Gasteiger partial charge in [-0.15, -0.1) is 11.3 Å². The molecule has 0 amide bonds. The van der Waals surface area contributed by atoms with Crippen molar-refractivity contribution in [3.8, 4) is 0 Å². The Balaban J connectivity index is 3.03. The molecule has 74 valence electrons. The molecule has 0 saturated carbocycles. The van der Waals surface area contributed by atoms with Gasteiger partial charge in [-0.3, -0.25) is 0 Å². The van der Waals surface area contributed by atoms with Gasteiger partial charge < -0.3 is 10.4 Å². The molecule has 1 rings (SSSR count). The number of nitrogens with zero attached hydrogens (tertiary/aromatic N) is 2. The number of rotatable bonds is 3. The molecule has 0 aliphatic rings. The standard InChI is InChI=1S/C9H17N3S/c1-4-5-6-12-7(2)8(3)13-9(12)11-10/h4-6,10H2,1-3H3/b11-9-. The van der Waals surface area contributed by atoms with Crippen LogP contribution in [0.1, 0.15) is 30.3 Å². The zero-order valence-corrected chi connectivity index (χ0v) is 9.32. The van der Waals surface area contributed by atoms with Crippen molar-refractivity contribution in [3.05, 3.63) is 15.4 Å². The molecule has 0 aromatic carbocycles. The van der Waals surface area contributed by atoms with Crippen LogP contribution in [0.15, 0.2) is 5.10 Å². The number of aryl methyl sites for hydroxylation is 1. The SMILES string of the molecule is CCCCn1c(C)c(C)s/c1=N\N. The Morgan fingerprint density at radius 2 is 2.15 bits per heavy atom. The molecule has 0 unspecified atom stereocenters. The molecular formula is C9H17N3S. The molecule has 3 nitrogen and oxygen atoms in total. The van der Waals surface area contributed by atoms with Gasteiger partial charge in [-0.2, -0.15) is 5.10 Å². The summed E-state index contributed by atoms with van der Waals surface area (Å²) in [5.41, 5.74) is 1.29. The Bertz CT molecular complexity index is 335. The van der Waals surface area contributed by atoms with E-state index in [1.807, 2.05) is 0 Å². The van der Waals surface area contributed by atoms with Gasteiger partial charge in [0.25, 0.3) is 0 Å². The smallest absolute Gasteiger partial charge is 0.207 e. The van der Waals surface area contributed by atoms with Crippen LogP contribution < -0.4 is 10.6 Å². The van der Waals surface area contributed by atoms with Gasteiger partial charge in [0.15, 0.2) is 0 Å². The minimum atomic E-state index is 0.934. The van der Waals surface area contributed by atoms with E-state index in [2.05, 4.69) is 30.4 Å². The molecule has 0 fully saturated rings. The number of hydrogen-bond donors (Lipinski definition) is 1. The second-order valence-corrected chi connectivity index (χ2v) is 4.34. The predicted molar refractivity (Wildman–Crippen MR) is 56.4 cm³/mol. The van der Waals surface area contributed by atoms with Crippen LogP contribution in [0.5, 0.6) is 0 Å². The van der Waals surface area contributed by atoms with Crippen molar-refractivity contribution in [2.45, 2.75) is 40.2 Å². The number of unbranched alkanes of at least 4 members (excludes halogenated alkanes) is 1. The van der Waals surface area contributed by atoms with Gasteiger partial charge in [0, 0.05) is 17.1 Å². The molecule has 1 aromatic heterocycles. The summed E-state index contributed by atoms with van der Waals surface area (Å²) in [5, 5.41) is 3.79. The molecule has 0 bridgehead atoms. The molecule has 4 heteroatoms. The maximum Gasteiger partial charge on any atom is 0.207 e. The Labute approximate surface area is 82.9 Å². The summed E-state index contributed by atoms with van der Waals surface area (Å²) in [6.45, 7) is 7.45. The lowest BCUT2D eigenvalue weighted by molar-refractivity contribution is 0.601. The summed E-state index contributed by atoms with van der Waals surface area (Å²) in [7, 11) is 0. The van der Waals surface area contributed by atoms with E-state index in [0.717, 1.165) is 11.3 Å². The third kappa shape index (κ3) is 2.12. The van der Waals surface area contributed by atoms with Gasteiger partial charge >= 0.3 is 0 Å². The zero-order chi connectivity index (χ0) is 9.84. The van der Waals surface area contributed by atoms with Crippen LogP contribution in [0.25, 0.3) is 0 Å². The molecule has 13 heavy (non-hydrogen) atoms. The second kappa shape index (κ2) is 4.46. The van der Waals surface area contributed by atoms with E-state index in [1.165, 1.54) is 23.4 Å².